The van der Waals surface area contributed by atoms with Gasteiger partial charge in [-0.05, 0) is 12.8 Å². The molecule has 0 aromatic heterocycles. The summed E-state index contributed by atoms with van der Waals surface area (Å²) in [4.78, 5) is 0. The lowest BCUT2D eigenvalue weighted by Crippen LogP contribution is -1.92. The van der Waals surface area contributed by atoms with Crippen LogP contribution in [0.15, 0.2) is 11.1 Å². The number of nitrogens with zero attached hydrogens (tertiary/aromatic N) is 3. The molecule has 0 saturated carbocycles. The zero-order valence-electron chi connectivity index (χ0n) is 5.83. The van der Waals surface area contributed by atoms with Gasteiger partial charge in [-0.2, -0.15) is 15.8 Å². The Morgan fingerprint density at radius 2 is 1.91 bits per heavy atom. The maximum atomic E-state index is 8.56. The number of hydrogen-bond donors (Lipinski definition) is 0. The first-order valence-electron chi connectivity index (χ1n) is 3.26. The third-order valence-electron chi connectivity index (χ3n) is 1.77. The molecule has 1 aliphatic rings. The Labute approximate surface area is 64.8 Å². The molecule has 11 heavy (non-hydrogen) atoms. The molecule has 0 amide bonds. The van der Waals surface area contributed by atoms with Crippen LogP contribution in [0.2, 0.25) is 0 Å². The van der Waals surface area contributed by atoms with Crippen molar-refractivity contribution in [3.8, 4) is 18.2 Å². The molecule has 0 heterocycles. The van der Waals surface area contributed by atoms with E-state index in [1.54, 1.807) is 0 Å². The molecule has 1 unspecified atom stereocenters. The third-order valence-corrected chi connectivity index (χ3v) is 1.77. The van der Waals surface area contributed by atoms with Gasteiger partial charge in [-0.15, -0.1) is 0 Å². The average Bonchev–Trinajstić information content (AvgIpc) is 2.45. The molecule has 0 saturated heterocycles. The van der Waals surface area contributed by atoms with Crippen molar-refractivity contribution in [1.82, 2.24) is 0 Å². The van der Waals surface area contributed by atoms with Crippen LogP contribution in [-0.4, -0.2) is 0 Å². The molecular formula is C8H5N3. The molecule has 0 N–H and O–H groups in total. The zero-order chi connectivity index (χ0) is 8.27. The average molecular weight is 143 g/mol. The Bertz CT molecular complexity index is 319. The predicted molar refractivity (Wildman–Crippen MR) is 36.6 cm³/mol. The van der Waals surface area contributed by atoms with Gasteiger partial charge < -0.3 is 0 Å². The van der Waals surface area contributed by atoms with Crippen LogP contribution in [0.1, 0.15) is 12.8 Å². The second-order valence-electron chi connectivity index (χ2n) is 2.34. The monoisotopic (exact) mass is 143 g/mol. The molecule has 0 fully saturated rings. The SMILES string of the molecule is N#CC1=C(C#N)C(C#N)CC1. The van der Waals surface area contributed by atoms with Gasteiger partial charge in [0.15, 0.2) is 0 Å². The Hall–Kier alpha value is -1.79. The Morgan fingerprint density at radius 1 is 1.18 bits per heavy atom. The first kappa shape index (κ1) is 7.32. The van der Waals surface area contributed by atoms with Gasteiger partial charge >= 0.3 is 0 Å². The molecule has 1 aliphatic carbocycles. The smallest absolute Gasteiger partial charge is 0.0971 e. The highest BCUT2D eigenvalue weighted by Gasteiger charge is 2.24. The van der Waals surface area contributed by atoms with E-state index in [4.69, 9.17) is 15.8 Å². The largest absolute Gasteiger partial charge is 0.198 e. The Balaban J connectivity index is 3.04. The van der Waals surface area contributed by atoms with E-state index in [0.717, 1.165) is 0 Å². The summed E-state index contributed by atoms with van der Waals surface area (Å²) in [5.74, 6) is -0.338. The summed E-state index contributed by atoms with van der Waals surface area (Å²) in [6.07, 6.45) is 1.21. The molecule has 0 bridgehead atoms. The van der Waals surface area contributed by atoms with Gasteiger partial charge in [0.05, 0.1) is 29.7 Å². The van der Waals surface area contributed by atoms with Crippen molar-refractivity contribution in [2.75, 3.05) is 0 Å². The van der Waals surface area contributed by atoms with Crippen molar-refractivity contribution in [3.63, 3.8) is 0 Å². The van der Waals surface area contributed by atoms with Crippen LogP contribution in [0.5, 0.6) is 0 Å². The minimum atomic E-state index is -0.338. The van der Waals surface area contributed by atoms with Gasteiger partial charge in [-0.1, -0.05) is 0 Å². The topological polar surface area (TPSA) is 71.4 Å². The van der Waals surface area contributed by atoms with E-state index >= 15 is 0 Å². The fourth-order valence-corrected chi connectivity index (χ4v) is 1.17. The van der Waals surface area contributed by atoms with Gasteiger partial charge in [0.1, 0.15) is 0 Å². The lowest BCUT2D eigenvalue weighted by molar-refractivity contribution is 0.765. The molecule has 0 spiro atoms. The van der Waals surface area contributed by atoms with Crippen LogP contribution in [0.3, 0.4) is 0 Å². The van der Waals surface area contributed by atoms with E-state index in [9.17, 15) is 0 Å². The predicted octanol–water partition coefficient (Wildman–Crippen LogP) is 1.26. The quantitative estimate of drug-likeness (QED) is 0.512. The second kappa shape index (κ2) is 2.86. The molecule has 0 radical (unpaired) electrons. The summed E-state index contributed by atoms with van der Waals surface area (Å²) in [5, 5.41) is 25.6. The zero-order valence-corrected chi connectivity index (χ0v) is 5.83. The highest BCUT2D eigenvalue weighted by molar-refractivity contribution is 5.44. The number of rotatable bonds is 0. The third kappa shape index (κ3) is 1.07. The van der Waals surface area contributed by atoms with Crippen LogP contribution in [0, 0.1) is 39.9 Å². The lowest BCUT2D eigenvalue weighted by Gasteiger charge is -1.93. The van der Waals surface area contributed by atoms with Crippen molar-refractivity contribution >= 4 is 0 Å². The molecule has 3 nitrogen and oxygen atoms in total. The molecule has 1 atom stereocenters. The molecule has 0 aromatic rings. The van der Waals surface area contributed by atoms with E-state index in [-0.39, 0.29) is 5.92 Å². The lowest BCUT2D eigenvalue weighted by atomic mass is 10.0. The van der Waals surface area contributed by atoms with Gasteiger partial charge in [0.25, 0.3) is 0 Å². The van der Waals surface area contributed by atoms with Crippen LogP contribution in [0.25, 0.3) is 0 Å². The summed E-state index contributed by atoms with van der Waals surface area (Å²) >= 11 is 0. The highest BCUT2D eigenvalue weighted by atomic mass is 14.4. The van der Waals surface area contributed by atoms with Crippen LogP contribution in [0.4, 0.5) is 0 Å². The molecule has 0 aliphatic heterocycles. The summed E-state index contributed by atoms with van der Waals surface area (Å²) < 4.78 is 0. The van der Waals surface area contributed by atoms with Gasteiger partial charge in [0, 0.05) is 5.57 Å². The van der Waals surface area contributed by atoms with Crippen molar-refractivity contribution in [2.45, 2.75) is 12.8 Å². The number of allylic oxidation sites excluding steroid dienone is 2. The van der Waals surface area contributed by atoms with Crippen molar-refractivity contribution < 1.29 is 0 Å². The maximum absolute atomic E-state index is 8.56. The normalized spacial score (nSPS) is 22.1. The van der Waals surface area contributed by atoms with Crippen LogP contribution in [-0.2, 0) is 0 Å². The number of hydrogen-bond acceptors (Lipinski definition) is 3. The van der Waals surface area contributed by atoms with E-state index in [1.165, 1.54) is 0 Å². The fraction of sp³-hybridized carbons (Fsp3) is 0.375. The molecular weight excluding hydrogens is 138 g/mol. The summed E-state index contributed by atoms with van der Waals surface area (Å²) in [6, 6.07) is 5.83. The van der Waals surface area contributed by atoms with Gasteiger partial charge in [0.2, 0.25) is 0 Å². The second-order valence-corrected chi connectivity index (χ2v) is 2.34. The molecule has 3 heteroatoms. The van der Waals surface area contributed by atoms with E-state index < -0.39 is 0 Å². The van der Waals surface area contributed by atoms with Crippen LogP contribution >= 0.6 is 0 Å². The minimum absolute atomic E-state index is 0.338. The molecule has 52 valence electrons. The molecule has 0 aromatic carbocycles. The minimum Gasteiger partial charge on any atom is -0.198 e. The first-order valence-corrected chi connectivity index (χ1v) is 3.26. The van der Waals surface area contributed by atoms with Crippen molar-refractivity contribution in [2.24, 2.45) is 5.92 Å². The van der Waals surface area contributed by atoms with E-state index in [0.29, 0.717) is 24.0 Å². The Morgan fingerprint density at radius 3 is 2.36 bits per heavy atom. The van der Waals surface area contributed by atoms with Crippen LogP contribution < -0.4 is 0 Å². The summed E-state index contributed by atoms with van der Waals surface area (Å²) in [6.45, 7) is 0. The van der Waals surface area contributed by atoms with E-state index in [2.05, 4.69) is 0 Å². The highest BCUT2D eigenvalue weighted by Crippen LogP contribution is 2.30. The van der Waals surface area contributed by atoms with E-state index in [1.807, 2.05) is 18.2 Å². The molecule has 1 rings (SSSR count). The fourth-order valence-electron chi connectivity index (χ4n) is 1.17. The standard InChI is InChI=1S/C8H5N3/c9-3-6-1-2-7(4-10)8(6)5-11/h6H,1-2H2. The van der Waals surface area contributed by atoms with Crippen molar-refractivity contribution in [1.29, 1.82) is 15.8 Å². The maximum Gasteiger partial charge on any atom is 0.0971 e. The van der Waals surface area contributed by atoms with Gasteiger partial charge in [-0.25, -0.2) is 0 Å². The van der Waals surface area contributed by atoms with Gasteiger partial charge in [-0.3, -0.25) is 0 Å². The summed E-state index contributed by atoms with van der Waals surface area (Å²) in [7, 11) is 0. The number of nitriles is 3. The Kier molecular flexibility index (Phi) is 1.90. The van der Waals surface area contributed by atoms with Crippen molar-refractivity contribution in [3.05, 3.63) is 11.1 Å². The summed E-state index contributed by atoms with van der Waals surface area (Å²) in [5.41, 5.74) is 0.856. The first-order chi connectivity index (χ1) is 5.33.